The highest BCUT2D eigenvalue weighted by molar-refractivity contribution is 7.16. The van der Waals surface area contributed by atoms with Crippen molar-refractivity contribution in [3.8, 4) is 11.5 Å². The molecule has 0 N–H and O–H groups in total. The number of nitrogens with zero attached hydrogens (tertiary/aromatic N) is 4. The maximum Gasteiger partial charge on any atom is 0.282 e. The highest BCUT2D eigenvalue weighted by Crippen LogP contribution is 2.33. The molecule has 1 aromatic heterocycles. The van der Waals surface area contributed by atoms with Gasteiger partial charge in [0, 0.05) is 0 Å². The number of hydrogen-bond acceptors (Lipinski definition) is 7. The van der Waals surface area contributed by atoms with Crippen LogP contribution in [0.4, 0.5) is 5.69 Å². The van der Waals surface area contributed by atoms with E-state index in [-0.39, 0.29) is 17.0 Å². The topological polar surface area (TPSA) is 91.2 Å². The molecule has 0 aliphatic rings. The van der Waals surface area contributed by atoms with Crippen LogP contribution >= 0.6 is 11.3 Å². The lowest BCUT2D eigenvalue weighted by Gasteiger charge is -2.08. The summed E-state index contributed by atoms with van der Waals surface area (Å²) >= 11 is 1.52. The smallest absolute Gasteiger partial charge is 0.282 e. The van der Waals surface area contributed by atoms with Gasteiger partial charge >= 0.3 is 0 Å². The lowest BCUT2D eigenvalue weighted by Crippen LogP contribution is -2.15. The van der Waals surface area contributed by atoms with Gasteiger partial charge in [-0.15, -0.1) is 5.10 Å². The fourth-order valence-electron chi connectivity index (χ4n) is 3.46. The number of hydrogen-bond donors (Lipinski definition) is 0. The van der Waals surface area contributed by atoms with Crippen LogP contribution in [-0.4, -0.2) is 29.9 Å². The third-order valence-corrected chi connectivity index (χ3v) is 6.12. The summed E-state index contributed by atoms with van der Waals surface area (Å²) in [6.07, 6.45) is 1.36. The molecule has 8 nitrogen and oxygen atoms in total. The number of rotatable bonds is 7. The fourth-order valence-corrected chi connectivity index (χ4v) is 4.55. The third kappa shape index (κ3) is 4.78. The molecule has 0 atom stereocenters. The van der Waals surface area contributed by atoms with Crippen LogP contribution in [-0.2, 0) is 6.54 Å². The van der Waals surface area contributed by atoms with Crippen molar-refractivity contribution in [1.82, 2.24) is 4.57 Å². The summed E-state index contributed by atoms with van der Waals surface area (Å²) in [5, 5.41) is 20.2. The predicted octanol–water partition coefficient (Wildman–Crippen LogP) is 4.92. The Balaban J connectivity index is 1.80. The molecule has 0 aliphatic carbocycles. The number of benzene rings is 3. The quantitative estimate of drug-likeness (QED) is 0.221. The third-order valence-electron chi connectivity index (χ3n) is 5.09. The van der Waals surface area contributed by atoms with E-state index in [9.17, 15) is 10.1 Å². The number of aromatic nitrogens is 1. The number of aryl methyl sites for hydroxylation is 1. The Morgan fingerprint density at radius 2 is 1.79 bits per heavy atom. The molecule has 0 fully saturated rings. The minimum Gasteiger partial charge on any atom is -0.493 e. The van der Waals surface area contributed by atoms with Gasteiger partial charge in [-0.2, -0.15) is 5.10 Å². The average molecular weight is 463 g/mol. The van der Waals surface area contributed by atoms with Gasteiger partial charge in [0.1, 0.15) is 0 Å². The van der Waals surface area contributed by atoms with Crippen LogP contribution in [0.25, 0.3) is 10.2 Å². The Bertz CT molecular complexity index is 1410. The van der Waals surface area contributed by atoms with E-state index in [0.29, 0.717) is 17.1 Å². The zero-order valence-corrected chi connectivity index (χ0v) is 19.2. The minimum absolute atomic E-state index is 0.143. The molecule has 0 radical (unpaired) electrons. The summed E-state index contributed by atoms with van der Waals surface area (Å²) in [6.45, 7) is 2.68. The van der Waals surface area contributed by atoms with Crippen LogP contribution in [0.15, 0.2) is 70.9 Å². The number of fused-ring (bicyclic) bond motifs is 1. The Morgan fingerprint density at radius 1 is 1.06 bits per heavy atom. The van der Waals surface area contributed by atoms with E-state index < -0.39 is 4.92 Å². The molecule has 33 heavy (non-hydrogen) atoms. The molecule has 0 amide bonds. The summed E-state index contributed by atoms with van der Waals surface area (Å²) in [5.41, 5.74) is 3.48. The average Bonchev–Trinajstić information content (AvgIpc) is 3.15. The summed E-state index contributed by atoms with van der Waals surface area (Å²) in [6, 6.07) is 19.2. The maximum atomic E-state index is 11.5. The molecule has 0 bridgehead atoms. The van der Waals surface area contributed by atoms with E-state index >= 15 is 0 Å². The number of thiazole rings is 1. The van der Waals surface area contributed by atoms with Crippen LogP contribution in [0.5, 0.6) is 11.5 Å². The summed E-state index contributed by atoms with van der Waals surface area (Å²) in [7, 11) is 2.90. The van der Waals surface area contributed by atoms with Crippen molar-refractivity contribution in [2.24, 2.45) is 10.2 Å². The predicted molar refractivity (Wildman–Crippen MR) is 129 cm³/mol. The molecule has 3 aromatic carbocycles. The SMILES string of the molecule is COc1cc(C=NN=c2sc3cc(C)ccc3n2Cc2ccccc2)c([N+](=O)[O-])cc1OC. The standard InChI is InChI=1S/C24H22N4O4S/c1-16-9-10-19-23(11-16)33-24(27(19)15-17-7-5-4-6-8-17)26-25-14-18-12-21(31-2)22(32-3)13-20(18)28(29)30/h4-14H,15H2,1-3H3. The first kappa shape index (κ1) is 22.2. The van der Waals surface area contributed by atoms with Gasteiger partial charge in [0.25, 0.3) is 5.69 Å². The highest BCUT2D eigenvalue weighted by atomic mass is 32.1. The Kier molecular flexibility index (Phi) is 6.50. The van der Waals surface area contributed by atoms with Crippen LogP contribution in [0, 0.1) is 17.0 Å². The molecule has 0 saturated carbocycles. The number of nitro benzene ring substituents is 1. The first-order chi connectivity index (χ1) is 16.0. The van der Waals surface area contributed by atoms with E-state index in [1.807, 2.05) is 25.1 Å². The lowest BCUT2D eigenvalue weighted by molar-refractivity contribution is -0.385. The molecule has 0 aliphatic heterocycles. The number of methoxy groups -OCH3 is 2. The Hall–Kier alpha value is -3.98. The van der Waals surface area contributed by atoms with E-state index in [1.165, 1.54) is 43.9 Å². The van der Waals surface area contributed by atoms with E-state index in [2.05, 4.69) is 45.1 Å². The summed E-state index contributed by atoms with van der Waals surface area (Å²) < 4.78 is 13.6. The van der Waals surface area contributed by atoms with Crippen molar-refractivity contribution in [2.75, 3.05) is 14.2 Å². The maximum absolute atomic E-state index is 11.5. The highest BCUT2D eigenvalue weighted by Gasteiger charge is 2.18. The Labute approximate surface area is 194 Å². The van der Waals surface area contributed by atoms with Gasteiger partial charge in [0.15, 0.2) is 11.5 Å². The number of nitro groups is 1. The van der Waals surface area contributed by atoms with Crippen molar-refractivity contribution < 1.29 is 14.4 Å². The van der Waals surface area contributed by atoms with Gasteiger partial charge < -0.3 is 14.0 Å². The van der Waals surface area contributed by atoms with Crippen LogP contribution < -0.4 is 14.3 Å². The molecule has 168 valence electrons. The van der Waals surface area contributed by atoms with Gasteiger partial charge in [-0.25, -0.2) is 0 Å². The fraction of sp³-hybridized carbons (Fsp3) is 0.167. The monoisotopic (exact) mass is 462 g/mol. The van der Waals surface area contributed by atoms with Gasteiger partial charge in [-0.3, -0.25) is 10.1 Å². The molecule has 1 heterocycles. The van der Waals surface area contributed by atoms with Gasteiger partial charge in [-0.05, 0) is 36.2 Å². The second-order valence-electron chi connectivity index (χ2n) is 7.30. The van der Waals surface area contributed by atoms with Crippen LogP contribution in [0.1, 0.15) is 16.7 Å². The zero-order valence-electron chi connectivity index (χ0n) is 18.4. The van der Waals surface area contributed by atoms with Crippen LogP contribution in [0.2, 0.25) is 0 Å². The molecule has 9 heteroatoms. The van der Waals surface area contributed by atoms with Crippen molar-refractivity contribution >= 4 is 33.5 Å². The molecule has 4 aromatic rings. The van der Waals surface area contributed by atoms with Gasteiger partial charge in [0.2, 0.25) is 4.80 Å². The van der Waals surface area contributed by atoms with E-state index in [1.54, 1.807) is 0 Å². The molecule has 4 rings (SSSR count). The summed E-state index contributed by atoms with van der Waals surface area (Å²) in [4.78, 5) is 11.8. The molecular formula is C24H22N4O4S. The normalized spacial score (nSPS) is 11.9. The minimum atomic E-state index is -0.485. The van der Waals surface area contributed by atoms with Gasteiger partial charge in [0.05, 0.1) is 53.7 Å². The molecule has 0 saturated heterocycles. The number of ether oxygens (including phenoxy) is 2. The second kappa shape index (κ2) is 9.66. The van der Waals surface area contributed by atoms with Crippen molar-refractivity contribution in [3.05, 3.63) is 92.3 Å². The Morgan fingerprint density at radius 3 is 2.48 bits per heavy atom. The molecular weight excluding hydrogens is 440 g/mol. The van der Waals surface area contributed by atoms with Crippen LogP contribution in [0.3, 0.4) is 0 Å². The van der Waals surface area contributed by atoms with E-state index in [0.717, 1.165) is 21.3 Å². The van der Waals surface area contributed by atoms with E-state index in [4.69, 9.17) is 9.47 Å². The molecule has 0 spiro atoms. The second-order valence-corrected chi connectivity index (χ2v) is 8.30. The first-order valence-electron chi connectivity index (χ1n) is 10.1. The first-order valence-corrected chi connectivity index (χ1v) is 10.9. The van der Waals surface area contributed by atoms with Gasteiger partial charge in [-0.1, -0.05) is 47.7 Å². The zero-order chi connectivity index (χ0) is 23.4. The van der Waals surface area contributed by atoms with Crippen molar-refractivity contribution in [3.63, 3.8) is 0 Å². The summed E-state index contributed by atoms with van der Waals surface area (Å²) in [5.74, 6) is 0.653. The van der Waals surface area contributed by atoms with Crippen molar-refractivity contribution in [2.45, 2.75) is 13.5 Å². The largest absolute Gasteiger partial charge is 0.493 e. The van der Waals surface area contributed by atoms with Crippen molar-refractivity contribution in [1.29, 1.82) is 0 Å². The molecule has 0 unspecified atom stereocenters. The lowest BCUT2D eigenvalue weighted by atomic mass is 10.1.